The molecule has 0 unspecified atom stereocenters. The predicted octanol–water partition coefficient (Wildman–Crippen LogP) is 3.05. The topological polar surface area (TPSA) is 17.1 Å². The van der Waals surface area contributed by atoms with Crippen molar-refractivity contribution in [1.82, 2.24) is 0 Å². The molecular formula is C14H12O. The van der Waals surface area contributed by atoms with E-state index >= 15 is 0 Å². The molecule has 0 heterocycles. The molecule has 0 bridgehead atoms. The summed E-state index contributed by atoms with van der Waals surface area (Å²) in [6.45, 7) is 0. The van der Waals surface area contributed by atoms with Crippen LogP contribution in [0.15, 0.2) is 71.9 Å². The smallest absolute Gasteiger partial charge is 0.178 e. The van der Waals surface area contributed by atoms with Gasteiger partial charge >= 0.3 is 0 Å². The van der Waals surface area contributed by atoms with Crippen LogP contribution in [0, 0.1) is 0 Å². The maximum absolute atomic E-state index is 11.5. The fourth-order valence-electron chi connectivity index (χ4n) is 1.55. The fraction of sp³-hybridized carbons (Fsp3) is 0.0714. The summed E-state index contributed by atoms with van der Waals surface area (Å²) in [6, 6.07) is 0. The van der Waals surface area contributed by atoms with Crippen LogP contribution in [0.25, 0.3) is 0 Å². The van der Waals surface area contributed by atoms with Gasteiger partial charge in [-0.15, -0.1) is 0 Å². The number of hydrogen-bond acceptors (Lipinski definition) is 1. The van der Waals surface area contributed by atoms with Gasteiger partial charge in [0.15, 0.2) is 5.78 Å². The second-order valence-corrected chi connectivity index (χ2v) is 3.43. The molecule has 1 heteroatoms. The largest absolute Gasteiger partial charge is 0.290 e. The maximum Gasteiger partial charge on any atom is 0.178 e. The van der Waals surface area contributed by atoms with Crippen molar-refractivity contribution in [3.8, 4) is 0 Å². The van der Waals surface area contributed by atoms with Gasteiger partial charge in [-0.25, -0.2) is 0 Å². The van der Waals surface area contributed by atoms with Gasteiger partial charge in [0.25, 0.3) is 0 Å². The van der Waals surface area contributed by atoms with Crippen molar-refractivity contribution in [2.75, 3.05) is 0 Å². The Kier molecular flexibility index (Phi) is 2.93. The molecule has 0 saturated heterocycles. The van der Waals surface area contributed by atoms with E-state index in [9.17, 15) is 4.79 Å². The molecule has 0 N–H and O–H groups in total. The normalized spacial score (nSPS) is 19.6. The lowest BCUT2D eigenvalue weighted by molar-refractivity contribution is -0.110. The van der Waals surface area contributed by atoms with E-state index in [2.05, 4.69) is 6.08 Å². The lowest BCUT2D eigenvalue weighted by atomic mass is 9.96. The minimum atomic E-state index is 0.0474. The molecule has 0 aliphatic heterocycles. The molecule has 15 heavy (non-hydrogen) atoms. The van der Waals surface area contributed by atoms with Crippen LogP contribution in [0.3, 0.4) is 0 Å². The third kappa shape index (κ3) is 2.53. The van der Waals surface area contributed by atoms with Gasteiger partial charge in [0.2, 0.25) is 0 Å². The lowest BCUT2D eigenvalue weighted by Crippen LogP contribution is -1.95. The Balaban J connectivity index is 2.40. The van der Waals surface area contributed by atoms with Crippen LogP contribution in [0.2, 0.25) is 0 Å². The van der Waals surface area contributed by atoms with Crippen molar-refractivity contribution >= 4 is 5.78 Å². The van der Waals surface area contributed by atoms with Crippen LogP contribution >= 0.6 is 0 Å². The zero-order valence-corrected chi connectivity index (χ0v) is 8.39. The highest BCUT2D eigenvalue weighted by atomic mass is 16.1. The second kappa shape index (κ2) is 4.56. The van der Waals surface area contributed by atoms with Crippen LogP contribution in [0.4, 0.5) is 0 Å². The summed E-state index contributed by atoms with van der Waals surface area (Å²) in [4.78, 5) is 11.5. The Labute approximate surface area is 89.5 Å². The Morgan fingerprint density at radius 3 is 2.60 bits per heavy atom. The van der Waals surface area contributed by atoms with E-state index < -0.39 is 0 Å². The van der Waals surface area contributed by atoms with Gasteiger partial charge in [-0.2, -0.15) is 0 Å². The molecule has 0 aromatic heterocycles. The summed E-state index contributed by atoms with van der Waals surface area (Å²) in [5, 5.41) is 0. The highest BCUT2D eigenvalue weighted by Crippen LogP contribution is 2.21. The third-order valence-corrected chi connectivity index (χ3v) is 2.31. The lowest BCUT2D eigenvalue weighted by Gasteiger charge is -2.09. The van der Waals surface area contributed by atoms with Crippen LogP contribution in [0.5, 0.6) is 0 Å². The van der Waals surface area contributed by atoms with Crippen LogP contribution < -0.4 is 0 Å². The molecule has 0 aromatic rings. The molecular weight excluding hydrogens is 184 g/mol. The summed E-state index contributed by atoms with van der Waals surface area (Å²) >= 11 is 0. The first kappa shape index (κ1) is 9.66. The molecule has 1 nitrogen and oxygen atoms in total. The number of fused-ring (bicyclic) bond motifs is 1. The van der Waals surface area contributed by atoms with Crippen molar-refractivity contribution in [2.45, 2.75) is 6.42 Å². The van der Waals surface area contributed by atoms with E-state index in [1.165, 1.54) is 0 Å². The predicted molar refractivity (Wildman–Crippen MR) is 62.4 cm³/mol. The first-order chi connectivity index (χ1) is 7.36. The van der Waals surface area contributed by atoms with E-state index in [4.69, 9.17) is 0 Å². The number of rotatable bonds is 0. The molecule has 0 atom stereocenters. The van der Waals surface area contributed by atoms with E-state index in [1.807, 2.05) is 36.5 Å². The highest BCUT2D eigenvalue weighted by Gasteiger charge is 2.05. The number of carbonyl (C=O) groups is 1. The summed E-state index contributed by atoms with van der Waals surface area (Å²) in [5.41, 5.74) is 2.20. The zero-order valence-electron chi connectivity index (χ0n) is 8.39. The standard InChI is InChI=1S/C14H12O/c15-14-10-4-2-1-3-7-12-8-5-6-9-13(12)11-14/h1-8,10-11H,9H2. The Hall–Kier alpha value is -1.89. The average molecular weight is 196 g/mol. The maximum atomic E-state index is 11.5. The third-order valence-electron chi connectivity index (χ3n) is 2.31. The van der Waals surface area contributed by atoms with E-state index in [0.29, 0.717) is 0 Å². The SMILES string of the molecule is O=C1C=CC=CC=CC2=CC=CCC2=C1. The van der Waals surface area contributed by atoms with Gasteiger partial charge < -0.3 is 0 Å². The summed E-state index contributed by atoms with van der Waals surface area (Å²) < 4.78 is 0. The number of hydrogen-bond donors (Lipinski definition) is 0. The molecule has 74 valence electrons. The van der Waals surface area contributed by atoms with Crippen molar-refractivity contribution in [1.29, 1.82) is 0 Å². The first-order valence-electron chi connectivity index (χ1n) is 4.99. The minimum Gasteiger partial charge on any atom is -0.290 e. The molecule has 0 spiro atoms. The molecule has 0 amide bonds. The molecule has 2 aliphatic rings. The van der Waals surface area contributed by atoms with Gasteiger partial charge in [-0.05, 0) is 29.7 Å². The fourth-order valence-corrected chi connectivity index (χ4v) is 1.55. The van der Waals surface area contributed by atoms with Gasteiger partial charge in [-0.1, -0.05) is 48.6 Å². The van der Waals surface area contributed by atoms with Gasteiger partial charge in [0, 0.05) is 0 Å². The monoisotopic (exact) mass is 196 g/mol. The minimum absolute atomic E-state index is 0.0474. The van der Waals surface area contributed by atoms with Gasteiger partial charge in [0.1, 0.15) is 0 Å². The first-order valence-corrected chi connectivity index (χ1v) is 4.99. The van der Waals surface area contributed by atoms with Crippen molar-refractivity contribution in [3.63, 3.8) is 0 Å². The van der Waals surface area contributed by atoms with Crippen molar-refractivity contribution in [3.05, 3.63) is 71.9 Å². The summed E-state index contributed by atoms with van der Waals surface area (Å²) in [6.07, 6.45) is 19.8. The Morgan fingerprint density at radius 1 is 0.933 bits per heavy atom. The number of ketones is 1. The molecule has 0 saturated carbocycles. The van der Waals surface area contributed by atoms with Crippen molar-refractivity contribution in [2.24, 2.45) is 0 Å². The Bertz CT molecular complexity index is 440. The highest BCUT2D eigenvalue weighted by molar-refractivity contribution is 6.00. The van der Waals surface area contributed by atoms with Gasteiger partial charge in [0.05, 0.1) is 0 Å². The van der Waals surface area contributed by atoms with E-state index in [0.717, 1.165) is 17.6 Å². The zero-order chi connectivity index (χ0) is 10.5. The van der Waals surface area contributed by atoms with E-state index in [-0.39, 0.29) is 5.78 Å². The number of carbonyl (C=O) groups excluding carboxylic acids is 1. The quantitative estimate of drug-likeness (QED) is 0.582. The Morgan fingerprint density at radius 2 is 1.73 bits per heavy atom. The number of allylic oxidation sites excluding steroid dienone is 12. The van der Waals surface area contributed by atoms with Gasteiger partial charge in [-0.3, -0.25) is 4.79 Å². The van der Waals surface area contributed by atoms with Crippen molar-refractivity contribution < 1.29 is 4.79 Å². The molecule has 0 aromatic carbocycles. The van der Waals surface area contributed by atoms with Crippen LogP contribution in [-0.4, -0.2) is 5.78 Å². The average Bonchev–Trinajstić information content (AvgIpc) is 2.25. The summed E-state index contributed by atoms with van der Waals surface area (Å²) in [7, 11) is 0. The van der Waals surface area contributed by atoms with Crippen LogP contribution in [0.1, 0.15) is 6.42 Å². The molecule has 2 aliphatic carbocycles. The second-order valence-electron chi connectivity index (χ2n) is 3.43. The molecule has 2 rings (SSSR count). The van der Waals surface area contributed by atoms with E-state index in [1.54, 1.807) is 18.2 Å². The molecule has 0 radical (unpaired) electrons. The molecule has 0 fully saturated rings. The summed E-state index contributed by atoms with van der Waals surface area (Å²) in [5.74, 6) is 0.0474. The van der Waals surface area contributed by atoms with Crippen LogP contribution in [-0.2, 0) is 4.79 Å².